The maximum atomic E-state index is 14.4. The Morgan fingerprint density at radius 3 is 2.48 bits per heavy atom. The number of primary amides is 1. The highest BCUT2D eigenvalue weighted by Crippen LogP contribution is 2.37. The second-order valence-corrected chi connectivity index (χ2v) is 11.4. The highest BCUT2D eigenvalue weighted by molar-refractivity contribution is 7.94. The summed E-state index contributed by atoms with van der Waals surface area (Å²) >= 11 is 6.59. The van der Waals surface area contributed by atoms with Gasteiger partial charge in [-0.05, 0) is 50.2 Å². The van der Waals surface area contributed by atoms with Crippen LogP contribution in [0.2, 0.25) is 5.02 Å². The first-order valence-electron chi connectivity index (χ1n) is 12.4. The minimum atomic E-state index is -4.58. The molecule has 0 aliphatic rings. The summed E-state index contributed by atoms with van der Waals surface area (Å²) in [4.78, 5) is 35.4. The molecule has 2 heterocycles. The third-order valence-corrected chi connectivity index (χ3v) is 7.77. The number of hydrogen-bond donors (Lipinski definition) is 6. The van der Waals surface area contributed by atoms with Gasteiger partial charge >= 0.3 is 6.08 Å². The molecule has 18 nitrogen and oxygen atoms in total. The van der Waals surface area contributed by atoms with Crippen LogP contribution in [0.25, 0.3) is 0 Å². The van der Waals surface area contributed by atoms with E-state index in [1.54, 1.807) is 6.92 Å². The van der Waals surface area contributed by atoms with Crippen molar-refractivity contribution in [2.24, 2.45) is 16.0 Å². The first kappa shape index (κ1) is 34.1. The van der Waals surface area contributed by atoms with Crippen LogP contribution in [-0.2, 0) is 26.0 Å². The SMILES string of the molecule is CCn1c(O)c(N=Nc2cc(Nc3nc(F)nc(Nc4cc(S(=O)(=O)O)ccc4Cl)n3)ccc2SOOO)c(C)c(C(N)=O)c1=O. The topological polar surface area (TPSA) is 266 Å². The molecule has 0 spiro atoms. The van der Waals surface area contributed by atoms with Gasteiger partial charge in [0, 0.05) is 17.8 Å². The molecule has 242 valence electrons. The zero-order chi connectivity index (χ0) is 33.8. The molecule has 2 aromatic carbocycles. The molecule has 1 amide bonds. The average molecular weight is 698 g/mol. The van der Waals surface area contributed by atoms with Crippen LogP contribution in [0.15, 0.2) is 61.2 Å². The van der Waals surface area contributed by atoms with E-state index in [9.17, 15) is 32.1 Å². The van der Waals surface area contributed by atoms with Gasteiger partial charge in [-0.15, -0.1) is 14.6 Å². The van der Waals surface area contributed by atoms with Crippen LogP contribution in [-0.4, -0.2) is 48.8 Å². The minimum Gasteiger partial charge on any atom is -0.493 e. The van der Waals surface area contributed by atoms with Crippen molar-refractivity contribution in [2.45, 2.75) is 30.2 Å². The zero-order valence-electron chi connectivity index (χ0n) is 23.3. The first-order valence-corrected chi connectivity index (χ1v) is 15.0. The molecule has 7 N–H and O–H groups in total. The molecule has 0 aliphatic heterocycles. The number of aromatic nitrogens is 4. The highest BCUT2D eigenvalue weighted by atomic mass is 35.5. The maximum Gasteiger partial charge on any atom is 0.315 e. The Bertz CT molecular complexity index is 2030. The molecule has 22 heteroatoms. The summed E-state index contributed by atoms with van der Waals surface area (Å²) in [6.45, 7) is 2.88. The fraction of sp³-hybridized carbons (Fsp3) is 0.125. The Balaban J connectivity index is 1.71. The number of carbonyl (C=O) groups excluding carboxylic acids is 1. The summed E-state index contributed by atoms with van der Waals surface area (Å²) in [5, 5.41) is 36.3. The maximum absolute atomic E-state index is 14.4. The normalized spacial score (nSPS) is 11.6. The van der Waals surface area contributed by atoms with Gasteiger partial charge in [0.2, 0.25) is 17.8 Å². The Kier molecular flexibility index (Phi) is 10.5. The van der Waals surface area contributed by atoms with Gasteiger partial charge in [0.1, 0.15) is 16.9 Å². The number of nitrogens with zero attached hydrogens (tertiary/aromatic N) is 6. The molecular formula is C24H21ClFN9O9S2. The number of azo groups is 1. The quantitative estimate of drug-likeness (QED) is 0.0390. The third-order valence-electron chi connectivity index (χ3n) is 5.94. The van der Waals surface area contributed by atoms with Crippen LogP contribution in [0.3, 0.4) is 0 Å². The van der Waals surface area contributed by atoms with Crippen LogP contribution >= 0.6 is 23.6 Å². The monoisotopic (exact) mass is 697 g/mol. The van der Waals surface area contributed by atoms with E-state index in [-0.39, 0.29) is 50.7 Å². The molecule has 0 fully saturated rings. The van der Waals surface area contributed by atoms with Gasteiger partial charge in [-0.2, -0.15) is 27.8 Å². The van der Waals surface area contributed by atoms with Gasteiger partial charge in [-0.25, -0.2) is 5.26 Å². The molecule has 0 unspecified atom stereocenters. The van der Waals surface area contributed by atoms with Crippen LogP contribution < -0.4 is 21.9 Å². The Labute approximate surface area is 266 Å². The summed E-state index contributed by atoms with van der Waals surface area (Å²) in [5.41, 5.74) is 4.00. The number of nitrogens with one attached hydrogen (secondary N) is 2. The van der Waals surface area contributed by atoms with Crippen molar-refractivity contribution >= 4 is 74.3 Å². The lowest BCUT2D eigenvalue weighted by atomic mass is 10.1. The molecule has 0 aliphatic carbocycles. The van der Waals surface area contributed by atoms with E-state index in [1.165, 1.54) is 31.2 Å². The number of anilines is 4. The molecule has 2 aromatic heterocycles. The van der Waals surface area contributed by atoms with E-state index in [0.29, 0.717) is 12.0 Å². The lowest BCUT2D eigenvalue weighted by Crippen LogP contribution is -2.30. The second-order valence-electron chi connectivity index (χ2n) is 8.81. The van der Waals surface area contributed by atoms with Crippen LogP contribution in [0, 0.1) is 13.0 Å². The van der Waals surface area contributed by atoms with Crippen LogP contribution in [0.5, 0.6) is 5.88 Å². The number of rotatable bonds is 12. The number of halogens is 2. The van der Waals surface area contributed by atoms with Crippen molar-refractivity contribution in [1.29, 1.82) is 0 Å². The number of benzene rings is 2. The summed E-state index contributed by atoms with van der Waals surface area (Å²) in [7, 11) is -4.58. The average Bonchev–Trinajstić information content (AvgIpc) is 2.97. The molecule has 0 atom stereocenters. The predicted molar refractivity (Wildman–Crippen MR) is 160 cm³/mol. The van der Waals surface area contributed by atoms with Crippen molar-refractivity contribution < 1.29 is 41.9 Å². The van der Waals surface area contributed by atoms with Gasteiger partial charge in [0.15, 0.2) is 0 Å². The molecule has 0 saturated carbocycles. The van der Waals surface area contributed by atoms with E-state index >= 15 is 0 Å². The lowest BCUT2D eigenvalue weighted by Gasteiger charge is -2.13. The summed E-state index contributed by atoms with van der Waals surface area (Å²) in [6, 6.07) is 7.40. The Morgan fingerprint density at radius 2 is 1.85 bits per heavy atom. The summed E-state index contributed by atoms with van der Waals surface area (Å²) in [6.07, 6.45) is -1.25. The first-order chi connectivity index (χ1) is 21.7. The Morgan fingerprint density at radius 1 is 1.15 bits per heavy atom. The molecule has 0 saturated heterocycles. The van der Waals surface area contributed by atoms with Crippen molar-refractivity contribution in [3.63, 3.8) is 0 Å². The van der Waals surface area contributed by atoms with Gasteiger partial charge in [0.05, 0.1) is 32.5 Å². The summed E-state index contributed by atoms with van der Waals surface area (Å²) in [5.74, 6) is -2.36. The molecular weight excluding hydrogens is 677 g/mol. The smallest absolute Gasteiger partial charge is 0.315 e. The van der Waals surface area contributed by atoms with Crippen molar-refractivity contribution in [1.82, 2.24) is 19.5 Å². The largest absolute Gasteiger partial charge is 0.493 e. The fourth-order valence-electron chi connectivity index (χ4n) is 3.88. The predicted octanol–water partition coefficient (Wildman–Crippen LogP) is 4.54. The number of pyridine rings is 1. The van der Waals surface area contributed by atoms with Gasteiger partial charge in [-0.1, -0.05) is 16.6 Å². The van der Waals surface area contributed by atoms with E-state index in [2.05, 4.69) is 45.2 Å². The van der Waals surface area contributed by atoms with Crippen molar-refractivity contribution in [2.75, 3.05) is 10.6 Å². The molecule has 0 radical (unpaired) electrons. The van der Waals surface area contributed by atoms with E-state index in [1.807, 2.05) is 0 Å². The lowest BCUT2D eigenvalue weighted by molar-refractivity contribution is -0.432. The zero-order valence-corrected chi connectivity index (χ0v) is 25.7. The van der Waals surface area contributed by atoms with Gasteiger partial charge < -0.3 is 21.5 Å². The number of amides is 1. The second kappa shape index (κ2) is 14.1. The van der Waals surface area contributed by atoms with Crippen molar-refractivity contribution in [3.05, 3.63) is 69.0 Å². The number of carbonyl (C=O) groups is 1. The van der Waals surface area contributed by atoms with Crippen LogP contribution in [0.1, 0.15) is 22.8 Å². The third kappa shape index (κ3) is 7.71. The van der Waals surface area contributed by atoms with E-state index < -0.39 is 50.0 Å². The van der Waals surface area contributed by atoms with Gasteiger partial charge in [-0.3, -0.25) is 18.7 Å². The molecule has 4 aromatic rings. The number of aromatic hydroxyl groups is 1. The van der Waals surface area contributed by atoms with Crippen molar-refractivity contribution in [3.8, 4) is 5.88 Å². The van der Waals surface area contributed by atoms with Gasteiger partial charge in [0.25, 0.3) is 21.6 Å². The Hall–Kier alpha value is -4.77. The molecule has 46 heavy (non-hydrogen) atoms. The number of nitrogens with two attached hydrogens (primary N) is 1. The number of hydrogen-bond acceptors (Lipinski definition) is 16. The highest BCUT2D eigenvalue weighted by Gasteiger charge is 2.22. The molecule has 4 rings (SSSR count). The molecule has 0 bridgehead atoms. The standard InChI is InChI=1S/C24H21ClFN9O9S2/c1-3-35-20(37)17(19(27)36)10(2)18(21(35)38)34-33-15-8-11(4-7-16(15)45-44-43-39)28-23-30-22(26)31-24(32-23)29-14-9-12(46(40,41)42)5-6-13(14)25/h4-9,38-39H,3H2,1-2H3,(H2,27,36)(H,40,41,42)(H2,28,29,30,31,32). The fourth-order valence-corrected chi connectivity index (χ4v) is 4.96. The van der Waals surface area contributed by atoms with Crippen LogP contribution in [0.4, 0.5) is 39.0 Å². The minimum absolute atomic E-state index is 0.00142. The van der Waals surface area contributed by atoms with E-state index in [0.717, 1.165) is 16.7 Å². The summed E-state index contributed by atoms with van der Waals surface area (Å²) < 4.78 is 52.0. The van der Waals surface area contributed by atoms with E-state index in [4.69, 9.17) is 22.6 Å².